The highest BCUT2D eigenvalue weighted by atomic mass is 16.1. The topological polar surface area (TPSA) is 44.9 Å². The van der Waals surface area contributed by atoms with E-state index < -0.39 is 0 Å². The number of amides is 1. The Balaban J connectivity index is 1.45. The molecule has 3 nitrogen and oxygen atoms in total. The Bertz CT molecular complexity index is 909. The molecular formula is C22H24N2O. The molecule has 1 unspecified atom stereocenters. The number of aromatic amines is 1. The van der Waals surface area contributed by atoms with Gasteiger partial charge in [-0.25, -0.2) is 0 Å². The first-order chi connectivity index (χ1) is 12.2. The van der Waals surface area contributed by atoms with E-state index >= 15 is 0 Å². The molecule has 1 aliphatic rings. The number of nitrogens with one attached hydrogen (secondary N) is 2. The lowest BCUT2D eigenvalue weighted by Gasteiger charge is -2.20. The Morgan fingerprint density at radius 2 is 1.92 bits per heavy atom. The average molecular weight is 332 g/mol. The number of carbonyl (C=O) groups is 1. The Hall–Kier alpha value is -2.55. The average Bonchev–Trinajstić information content (AvgIpc) is 3.04. The molecule has 4 rings (SSSR count). The zero-order chi connectivity index (χ0) is 17.2. The van der Waals surface area contributed by atoms with E-state index in [0.717, 1.165) is 16.5 Å². The summed E-state index contributed by atoms with van der Waals surface area (Å²) in [4.78, 5) is 15.7. The van der Waals surface area contributed by atoms with Gasteiger partial charge in [0.1, 0.15) is 0 Å². The quantitative estimate of drug-likeness (QED) is 0.727. The lowest BCUT2D eigenvalue weighted by Crippen LogP contribution is -2.28. The molecule has 1 aromatic heterocycles. The minimum atomic E-state index is 0.0323. The van der Waals surface area contributed by atoms with Gasteiger partial charge in [-0.2, -0.15) is 0 Å². The van der Waals surface area contributed by atoms with E-state index in [4.69, 9.17) is 0 Å². The lowest BCUT2D eigenvalue weighted by molar-refractivity contribution is -0.121. The first-order valence-electron chi connectivity index (χ1n) is 9.17. The number of fused-ring (bicyclic) bond motifs is 2. The Kier molecular flexibility index (Phi) is 4.31. The highest BCUT2D eigenvalue weighted by Gasteiger charge is 2.15. The largest absolute Gasteiger partial charge is 0.361 e. The first kappa shape index (κ1) is 15.9. The van der Waals surface area contributed by atoms with Gasteiger partial charge in [-0.3, -0.25) is 4.79 Å². The molecule has 0 spiro atoms. The Labute approximate surface area is 148 Å². The predicted octanol–water partition coefficient (Wildman–Crippen LogP) is 4.47. The van der Waals surface area contributed by atoms with Gasteiger partial charge in [0.15, 0.2) is 0 Å². The van der Waals surface area contributed by atoms with E-state index in [9.17, 15) is 4.79 Å². The van der Waals surface area contributed by atoms with Gasteiger partial charge < -0.3 is 10.3 Å². The number of para-hydroxylation sites is 1. The van der Waals surface area contributed by atoms with E-state index in [-0.39, 0.29) is 11.9 Å². The molecule has 128 valence electrons. The van der Waals surface area contributed by atoms with Crippen LogP contribution in [-0.2, 0) is 24.1 Å². The van der Waals surface area contributed by atoms with Crippen LogP contribution in [0.3, 0.4) is 0 Å². The minimum absolute atomic E-state index is 0.0323. The molecule has 25 heavy (non-hydrogen) atoms. The zero-order valence-electron chi connectivity index (χ0n) is 14.6. The standard InChI is InChI=1S/C22H24N2O/c1-15(17-11-10-16-6-2-3-7-18(16)12-17)24-22(25)13-19-14-23-21-9-5-4-8-20(19)21/h4-5,8-12,14-15,23H,2-3,6-7,13H2,1H3,(H,24,25). The van der Waals surface area contributed by atoms with Gasteiger partial charge >= 0.3 is 0 Å². The monoisotopic (exact) mass is 332 g/mol. The third-order valence-corrected chi connectivity index (χ3v) is 5.28. The highest BCUT2D eigenvalue weighted by molar-refractivity contribution is 5.88. The summed E-state index contributed by atoms with van der Waals surface area (Å²) >= 11 is 0. The normalized spacial score (nSPS) is 14.9. The van der Waals surface area contributed by atoms with Crippen molar-refractivity contribution in [3.63, 3.8) is 0 Å². The van der Waals surface area contributed by atoms with E-state index in [1.807, 2.05) is 24.4 Å². The summed E-state index contributed by atoms with van der Waals surface area (Å²) in [5.41, 5.74) is 6.26. The number of rotatable bonds is 4. The van der Waals surface area contributed by atoms with Crippen molar-refractivity contribution in [1.82, 2.24) is 10.3 Å². The van der Waals surface area contributed by atoms with Gasteiger partial charge in [-0.1, -0.05) is 36.4 Å². The fraction of sp³-hybridized carbons (Fsp3) is 0.318. The van der Waals surface area contributed by atoms with Crippen LogP contribution in [0.15, 0.2) is 48.7 Å². The molecule has 0 radical (unpaired) electrons. The number of H-pyrrole nitrogens is 1. The molecule has 0 aliphatic heterocycles. The summed E-state index contributed by atoms with van der Waals surface area (Å²) in [5, 5.41) is 4.28. The molecule has 0 saturated carbocycles. The molecule has 1 heterocycles. The maximum atomic E-state index is 12.5. The number of benzene rings is 2. The van der Waals surface area contributed by atoms with Gasteiger partial charge in [0.2, 0.25) is 5.91 Å². The Morgan fingerprint density at radius 1 is 1.12 bits per heavy atom. The summed E-state index contributed by atoms with van der Waals surface area (Å²) in [6.07, 6.45) is 7.27. The summed E-state index contributed by atoms with van der Waals surface area (Å²) in [6.45, 7) is 2.07. The van der Waals surface area contributed by atoms with Crippen LogP contribution < -0.4 is 5.32 Å². The number of aryl methyl sites for hydroxylation is 2. The molecule has 0 saturated heterocycles. The fourth-order valence-corrected chi connectivity index (χ4v) is 3.85. The highest BCUT2D eigenvalue weighted by Crippen LogP contribution is 2.25. The smallest absolute Gasteiger partial charge is 0.224 e. The van der Waals surface area contributed by atoms with E-state index in [1.54, 1.807) is 0 Å². The molecule has 1 atom stereocenters. The van der Waals surface area contributed by atoms with Gasteiger partial charge in [-0.05, 0) is 60.9 Å². The molecular weight excluding hydrogens is 308 g/mol. The van der Waals surface area contributed by atoms with Crippen molar-refractivity contribution in [2.45, 2.75) is 45.1 Å². The van der Waals surface area contributed by atoms with Crippen LogP contribution in [0.5, 0.6) is 0 Å². The fourth-order valence-electron chi connectivity index (χ4n) is 3.85. The van der Waals surface area contributed by atoms with E-state index in [2.05, 4.69) is 41.5 Å². The molecule has 2 aromatic carbocycles. The van der Waals surface area contributed by atoms with Crippen molar-refractivity contribution in [2.75, 3.05) is 0 Å². The summed E-state index contributed by atoms with van der Waals surface area (Å²) < 4.78 is 0. The molecule has 1 aliphatic carbocycles. The third-order valence-electron chi connectivity index (χ3n) is 5.28. The van der Waals surface area contributed by atoms with Crippen LogP contribution >= 0.6 is 0 Å². The zero-order valence-corrected chi connectivity index (χ0v) is 14.6. The first-order valence-corrected chi connectivity index (χ1v) is 9.17. The van der Waals surface area contributed by atoms with Gasteiger partial charge in [0.05, 0.1) is 12.5 Å². The molecule has 3 aromatic rings. The molecule has 0 bridgehead atoms. The van der Waals surface area contributed by atoms with Crippen molar-refractivity contribution in [1.29, 1.82) is 0 Å². The van der Waals surface area contributed by atoms with Crippen LogP contribution in [-0.4, -0.2) is 10.9 Å². The second-order valence-electron chi connectivity index (χ2n) is 7.06. The number of aromatic nitrogens is 1. The van der Waals surface area contributed by atoms with Crippen LogP contribution in [0.25, 0.3) is 10.9 Å². The van der Waals surface area contributed by atoms with Crippen molar-refractivity contribution in [3.05, 3.63) is 70.9 Å². The van der Waals surface area contributed by atoms with Crippen molar-refractivity contribution in [2.24, 2.45) is 0 Å². The van der Waals surface area contributed by atoms with E-state index in [1.165, 1.54) is 42.4 Å². The summed E-state index contributed by atoms with van der Waals surface area (Å²) in [7, 11) is 0. The number of hydrogen-bond acceptors (Lipinski definition) is 1. The predicted molar refractivity (Wildman–Crippen MR) is 102 cm³/mol. The van der Waals surface area contributed by atoms with Gasteiger partial charge in [0.25, 0.3) is 0 Å². The molecule has 3 heteroatoms. The summed E-state index contributed by atoms with van der Waals surface area (Å²) in [5.74, 6) is 0.0648. The second-order valence-corrected chi connectivity index (χ2v) is 7.06. The van der Waals surface area contributed by atoms with Crippen LogP contribution in [0, 0.1) is 0 Å². The van der Waals surface area contributed by atoms with E-state index in [0.29, 0.717) is 6.42 Å². The van der Waals surface area contributed by atoms with Crippen LogP contribution in [0.4, 0.5) is 0 Å². The summed E-state index contributed by atoms with van der Waals surface area (Å²) in [6, 6.07) is 14.8. The molecule has 0 fully saturated rings. The van der Waals surface area contributed by atoms with Gasteiger partial charge in [0, 0.05) is 17.1 Å². The van der Waals surface area contributed by atoms with Crippen LogP contribution in [0.2, 0.25) is 0 Å². The maximum Gasteiger partial charge on any atom is 0.224 e. The molecule has 1 amide bonds. The minimum Gasteiger partial charge on any atom is -0.361 e. The van der Waals surface area contributed by atoms with Crippen molar-refractivity contribution < 1.29 is 4.79 Å². The third kappa shape index (κ3) is 3.32. The second kappa shape index (κ2) is 6.75. The Morgan fingerprint density at radius 3 is 2.80 bits per heavy atom. The maximum absolute atomic E-state index is 12.5. The van der Waals surface area contributed by atoms with Crippen molar-refractivity contribution >= 4 is 16.8 Å². The van der Waals surface area contributed by atoms with Gasteiger partial charge in [-0.15, -0.1) is 0 Å². The van der Waals surface area contributed by atoms with Crippen LogP contribution in [0.1, 0.15) is 48.1 Å². The van der Waals surface area contributed by atoms with Crippen molar-refractivity contribution in [3.8, 4) is 0 Å². The number of hydrogen-bond donors (Lipinski definition) is 2. The SMILES string of the molecule is CC(NC(=O)Cc1c[nH]c2ccccc12)c1ccc2c(c1)CCCC2. The number of carbonyl (C=O) groups excluding carboxylic acids is 1. The lowest BCUT2D eigenvalue weighted by atomic mass is 9.89. The molecule has 2 N–H and O–H groups in total.